The van der Waals surface area contributed by atoms with Crippen LogP contribution in [0, 0.1) is 0 Å². The lowest BCUT2D eigenvalue weighted by molar-refractivity contribution is -0.344. The molecule has 25 heavy (non-hydrogen) atoms. The van der Waals surface area contributed by atoms with Gasteiger partial charge in [-0.1, -0.05) is 0 Å². The number of hydrogen-bond acceptors (Lipinski definition) is 4. The van der Waals surface area contributed by atoms with E-state index in [1.54, 1.807) is 6.92 Å². The summed E-state index contributed by atoms with van der Waals surface area (Å²) in [5, 5.41) is 1.28. The first-order valence-electron chi connectivity index (χ1n) is 6.65. The quantitative estimate of drug-likeness (QED) is 0.771. The molecule has 1 amide bonds. The fourth-order valence-electron chi connectivity index (χ4n) is 1.53. The molecule has 1 aromatic rings. The summed E-state index contributed by atoms with van der Waals surface area (Å²) in [5.41, 5.74) is 0.0826. The zero-order valence-corrected chi connectivity index (χ0v) is 12.5. The first-order chi connectivity index (χ1) is 11.3. The van der Waals surface area contributed by atoms with Crippen LogP contribution in [0.2, 0.25) is 0 Å². The van der Waals surface area contributed by atoms with Gasteiger partial charge in [0.1, 0.15) is 6.33 Å². The SMILES string of the molecule is CCOC(=O)n1cnc(CCNC(=O)C(F)(F)C(F)(F)C(F)(F)F)c1. The predicted molar refractivity (Wildman–Crippen MR) is 67.3 cm³/mol. The van der Waals surface area contributed by atoms with Crippen LogP contribution in [0.5, 0.6) is 0 Å². The van der Waals surface area contributed by atoms with Gasteiger partial charge >= 0.3 is 24.1 Å². The van der Waals surface area contributed by atoms with E-state index in [0.29, 0.717) is 0 Å². The van der Waals surface area contributed by atoms with E-state index in [2.05, 4.69) is 9.72 Å². The van der Waals surface area contributed by atoms with Crippen molar-refractivity contribution in [3.05, 3.63) is 18.2 Å². The molecule has 0 atom stereocenters. The molecule has 142 valence electrons. The minimum absolute atomic E-state index is 0.0743. The number of imidazole rings is 1. The molecular formula is C12H12F7N3O3. The number of nitrogens with zero attached hydrogens (tertiary/aromatic N) is 2. The highest BCUT2D eigenvalue weighted by Crippen LogP contribution is 2.46. The smallest absolute Gasteiger partial charge is 0.449 e. The molecule has 0 aliphatic carbocycles. The summed E-state index contributed by atoms with van der Waals surface area (Å²) >= 11 is 0. The standard InChI is InChI=1S/C12H12F7N3O3/c1-2-25-9(24)22-5-7(21-6-22)3-4-20-8(23)10(13,14)11(15,16)12(17,18)19/h5-6H,2-4H2,1H3,(H,20,23). The van der Waals surface area contributed by atoms with Crippen LogP contribution in [-0.2, 0) is 16.0 Å². The fraction of sp³-hybridized carbons (Fsp3) is 0.583. The van der Waals surface area contributed by atoms with Gasteiger partial charge in [-0.3, -0.25) is 4.79 Å². The molecule has 13 heteroatoms. The van der Waals surface area contributed by atoms with Crippen molar-refractivity contribution in [2.45, 2.75) is 31.4 Å². The Balaban J connectivity index is 2.64. The maximum atomic E-state index is 13.0. The van der Waals surface area contributed by atoms with Crippen molar-refractivity contribution in [3.8, 4) is 0 Å². The Kier molecular flexibility index (Phi) is 6.02. The Morgan fingerprint density at radius 3 is 2.32 bits per heavy atom. The highest BCUT2D eigenvalue weighted by molar-refractivity contribution is 5.84. The normalized spacial score (nSPS) is 12.8. The van der Waals surface area contributed by atoms with Gasteiger partial charge in [0.05, 0.1) is 12.3 Å². The van der Waals surface area contributed by atoms with Gasteiger partial charge in [-0.25, -0.2) is 14.3 Å². The molecule has 0 aliphatic heterocycles. The topological polar surface area (TPSA) is 73.2 Å². The van der Waals surface area contributed by atoms with Crippen LogP contribution in [0.25, 0.3) is 0 Å². The first kappa shape index (κ1) is 20.7. The van der Waals surface area contributed by atoms with Crippen LogP contribution >= 0.6 is 0 Å². The molecule has 0 saturated heterocycles. The largest absolute Gasteiger partial charge is 0.460 e. The van der Waals surface area contributed by atoms with Crippen LogP contribution < -0.4 is 5.32 Å². The van der Waals surface area contributed by atoms with Gasteiger partial charge in [0.25, 0.3) is 5.91 Å². The van der Waals surface area contributed by atoms with Gasteiger partial charge in [0.15, 0.2) is 0 Å². The average molecular weight is 379 g/mol. The molecule has 1 rings (SSSR count). The highest BCUT2D eigenvalue weighted by atomic mass is 19.4. The number of carbonyl (C=O) groups is 2. The summed E-state index contributed by atoms with van der Waals surface area (Å²) in [7, 11) is 0. The highest BCUT2D eigenvalue weighted by Gasteiger charge is 2.76. The number of amides is 1. The van der Waals surface area contributed by atoms with Gasteiger partial charge in [-0.2, -0.15) is 30.7 Å². The van der Waals surface area contributed by atoms with Crippen LogP contribution in [0.1, 0.15) is 12.6 Å². The van der Waals surface area contributed by atoms with Crippen LogP contribution in [0.3, 0.4) is 0 Å². The summed E-state index contributed by atoms with van der Waals surface area (Å²) in [6.45, 7) is 0.912. The summed E-state index contributed by atoms with van der Waals surface area (Å²) in [6.07, 6.45) is -5.55. The molecule has 0 bridgehead atoms. The van der Waals surface area contributed by atoms with Gasteiger partial charge < -0.3 is 10.1 Å². The average Bonchev–Trinajstić information content (AvgIpc) is 2.95. The number of halogens is 7. The van der Waals surface area contributed by atoms with Gasteiger partial charge in [-0.15, -0.1) is 0 Å². The third kappa shape index (κ3) is 4.39. The second-order valence-electron chi connectivity index (χ2n) is 4.62. The molecule has 0 radical (unpaired) electrons. The summed E-state index contributed by atoms with van der Waals surface area (Å²) < 4.78 is 92.8. The molecule has 1 N–H and O–H groups in total. The Morgan fingerprint density at radius 1 is 1.20 bits per heavy atom. The first-order valence-corrected chi connectivity index (χ1v) is 6.65. The van der Waals surface area contributed by atoms with Crippen LogP contribution in [0.4, 0.5) is 35.5 Å². The van der Waals surface area contributed by atoms with Crippen molar-refractivity contribution in [1.29, 1.82) is 0 Å². The molecule has 0 aromatic carbocycles. The number of hydrogen-bond donors (Lipinski definition) is 1. The van der Waals surface area contributed by atoms with E-state index >= 15 is 0 Å². The minimum Gasteiger partial charge on any atom is -0.449 e. The van der Waals surface area contributed by atoms with Gasteiger partial charge in [0.2, 0.25) is 0 Å². The Morgan fingerprint density at radius 2 is 1.80 bits per heavy atom. The van der Waals surface area contributed by atoms with Crippen molar-refractivity contribution in [2.24, 2.45) is 0 Å². The van der Waals surface area contributed by atoms with E-state index in [4.69, 9.17) is 0 Å². The van der Waals surface area contributed by atoms with Gasteiger partial charge in [-0.05, 0) is 6.92 Å². The molecule has 0 spiro atoms. The Bertz CT molecular complexity index is 628. The lowest BCUT2D eigenvalue weighted by Gasteiger charge is -2.26. The van der Waals surface area contributed by atoms with E-state index in [1.807, 2.05) is 0 Å². The molecule has 1 heterocycles. The molecule has 0 unspecified atom stereocenters. The van der Waals surface area contributed by atoms with E-state index in [0.717, 1.165) is 17.1 Å². The number of ether oxygens (including phenoxy) is 1. The van der Waals surface area contributed by atoms with Crippen molar-refractivity contribution < 1.29 is 45.1 Å². The zero-order valence-electron chi connectivity index (χ0n) is 12.5. The van der Waals surface area contributed by atoms with Crippen LogP contribution in [-0.4, -0.2) is 52.7 Å². The molecular weight excluding hydrogens is 367 g/mol. The second kappa shape index (κ2) is 7.27. The second-order valence-corrected chi connectivity index (χ2v) is 4.62. The lowest BCUT2D eigenvalue weighted by atomic mass is 10.1. The van der Waals surface area contributed by atoms with Crippen molar-refractivity contribution in [3.63, 3.8) is 0 Å². The maximum absolute atomic E-state index is 13.0. The lowest BCUT2D eigenvalue weighted by Crippen LogP contribution is -2.59. The summed E-state index contributed by atoms with van der Waals surface area (Å²) in [5.74, 6) is -15.3. The Labute approximate surface area is 135 Å². The zero-order chi connectivity index (χ0) is 19.5. The van der Waals surface area contributed by atoms with E-state index in [1.165, 1.54) is 5.32 Å². The number of rotatable bonds is 6. The Hall–Kier alpha value is -2.34. The number of alkyl halides is 7. The summed E-state index contributed by atoms with van der Waals surface area (Å²) in [6, 6.07) is 0. The third-order valence-corrected chi connectivity index (χ3v) is 2.82. The van der Waals surface area contributed by atoms with Gasteiger partial charge in [0, 0.05) is 19.2 Å². The fourth-order valence-corrected chi connectivity index (χ4v) is 1.53. The summed E-state index contributed by atoms with van der Waals surface area (Å²) in [4.78, 5) is 26.0. The molecule has 0 fully saturated rings. The third-order valence-electron chi connectivity index (χ3n) is 2.82. The van der Waals surface area contributed by atoms with E-state index in [9.17, 15) is 40.3 Å². The van der Waals surface area contributed by atoms with Crippen molar-refractivity contribution in [1.82, 2.24) is 14.9 Å². The number of aromatic nitrogens is 2. The molecule has 1 aromatic heterocycles. The van der Waals surface area contributed by atoms with Crippen molar-refractivity contribution >= 4 is 12.0 Å². The number of carbonyl (C=O) groups excluding carboxylic acids is 2. The number of nitrogens with one attached hydrogen (secondary N) is 1. The van der Waals surface area contributed by atoms with E-state index < -0.39 is 36.6 Å². The minimum atomic E-state index is -6.59. The molecule has 0 saturated carbocycles. The van der Waals surface area contributed by atoms with Crippen molar-refractivity contribution in [2.75, 3.05) is 13.2 Å². The monoisotopic (exact) mass is 379 g/mol. The molecule has 0 aliphatic rings. The van der Waals surface area contributed by atoms with E-state index in [-0.39, 0.29) is 18.7 Å². The molecule has 6 nitrogen and oxygen atoms in total. The maximum Gasteiger partial charge on any atom is 0.460 e. The predicted octanol–water partition coefficient (Wildman–Crippen LogP) is 2.38. The van der Waals surface area contributed by atoms with Crippen LogP contribution in [0.15, 0.2) is 12.5 Å².